The molecule has 2 fully saturated rings. The van der Waals surface area contributed by atoms with Gasteiger partial charge in [-0.05, 0) is 43.4 Å². The van der Waals surface area contributed by atoms with E-state index in [-0.39, 0.29) is 0 Å². The number of fused-ring (bicyclic) bond motifs is 3. The maximum absolute atomic E-state index is 11.6. The summed E-state index contributed by atoms with van der Waals surface area (Å²) in [6.45, 7) is 5.67. The van der Waals surface area contributed by atoms with E-state index in [9.17, 15) is 4.79 Å². The normalized spacial score (nSPS) is 41.6. The first-order chi connectivity index (χ1) is 8.15. The molecule has 3 rings (SSSR count). The van der Waals surface area contributed by atoms with Crippen molar-refractivity contribution < 1.29 is 4.79 Å². The van der Waals surface area contributed by atoms with E-state index < -0.39 is 0 Å². The summed E-state index contributed by atoms with van der Waals surface area (Å²) in [6.07, 6.45) is 8.06. The van der Waals surface area contributed by atoms with E-state index in [1.807, 2.05) is 6.08 Å². The Morgan fingerprint density at radius 2 is 2.06 bits per heavy atom. The fraction of sp³-hybridized carbons (Fsp3) is 0.800. The molecule has 94 valence electrons. The minimum absolute atomic E-state index is 0.339. The van der Waals surface area contributed by atoms with Gasteiger partial charge in [0.2, 0.25) is 0 Å². The first kappa shape index (κ1) is 11.3. The van der Waals surface area contributed by atoms with E-state index in [0.29, 0.717) is 11.7 Å². The summed E-state index contributed by atoms with van der Waals surface area (Å²) in [5, 5.41) is 0. The summed E-state index contributed by atoms with van der Waals surface area (Å²) in [4.78, 5) is 14.1. The van der Waals surface area contributed by atoms with Gasteiger partial charge in [-0.2, -0.15) is 0 Å². The van der Waals surface area contributed by atoms with Gasteiger partial charge in [0.1, 0.15) is 0 Å². The number of ketones is 1. The van der Waals surface area contributed by atoms with Crippen LogP contribution in [-0.2, 0) is 4.79 Å². The summed E-state index contributed by atoms with van der Waals surface area (Å²) in [6, 6.07) is 0.738. The smallest absolute Gasteiger partial charge is 0.159 e. The third kappa shape index (κ3) is 1.92. The molecule has 3 aliphatic rings. The second-order valence-electron chi connectivity index (χ2n) is 6.36. The van der Waals surface area contributed by atoms with Crippen LogP contribution in [0.15, 0.2) is 11.8 Å². The van der Waals surface area contributed by atoms with E-state index in [1.165, 1.54) is 31.4 Å². The molecule has 2 nitrogen and oxygen atoms in total. The van der Waals surface area contributed by atoms with E-state index in [1.54, 1.807) is 0 Å². The van der Waals surface area contributed by atoms with Crippen molar-refractivity contribution in [3.8, 4) is 0 Å². The molecule has 2 aliphatic heterocycles. The Kier molecular flexibility index (Phi) is 2.76. The van der Waals surface area contributed by atoms with Crippen molar-refractivity contribution in [2.45, 2.75) is 52.0 Å². The lowest BCUT2D eigenvalue weighted by molar-refractivity contribution is -0.116. The van der Waals surface area contributed by atoms with Crippen LogP contribution in [0.3, 0.4) is 0 Å². The molecule has 17 heavy (non-hydrogen) atoms. The van der Waals surface area contributed by atoms with Crippen molar-refractivity contribution in [3.05, 3.63) is 11.8 Å². The van der Waals surface area contributed by atoms with Crippen LogP contribution in [0.25, 0.3) is 0 Å². The van der Waals surface area contributed by atoms with Gasteiger partial charge in [0.05, 0.1) is 0 Å². The SMILES string of the molecule is CC1CCC2C(C1)CC(C)C1=CC(=O)CCN12. The van der Waals surface area contributed by atoms with Gasteiger partial charge in [0.25, 0.3) is 0 Å². The minimum Gasteiger partial charge on any atom is -0.371 e. The molecule has 0 aromatic rings. The van der Waals surface area contributed by atoms with Gasteiger partial charge >= 0.3 is 0 Å². The summed E-state index contributed by atoms with van der Waals surface area (Å²) in [7, 11) is 0. The second kappa shape index (κ2) is 4.15. The number of nitrogens with zero attached hydrogens (tertiary/aromatic N) is 1. The molecule has 1 saturated carbocycles. The lowest BCUT2D eigenvalue weighted by atomic mass is 9.70. The van der Waals surface area contributed by atoms with E-state index in [4.69, 9.17) is 0 Å². The Hall–Kier alpha value is -0.790. The Labute approximate surface area is 104 Å². The van der Waals surface area contributed by atoms with Crippen LogP contribution in [0.2, 0.25) is 0 Å². The molecular formula is C15H23NO. The van der Waals surface area contributed by atoms with E-state index >= 15 is 0 Å². The van der Waals surface area contributed by atoms with Crippen molar-refractivity contribution in [1.82, 2.24) is 4.90 Å². The molecule has 2 heteroatoms. The van der Waals surface area contributed by atoms with Gasteiger partial charge in [0.15, 0.2) is 5.78 Å². The number of rotatable bonds is 0. The number of allylic oxidation sites excluding steroid dienone is 2. The molecule has 0 bridgehead atoms. The molecule has 4 unspecified atom stereocenters. The molecule has 1 saturated heterocycles. The molecule has 0 amide bonds. The van der Waals surface area contributed by atoms with Gasteiger partial charge in [-0.3, -0.25) is 4.79 Å². The Bertz CT molecular complexity index is 360. The highest BCUT2D eigenvalue weighted by Crippen LogP contribution is 2.44. The zero-order chi connectivity index (χ0) is 12.0. The lowest BCUT2D eigenvalue weighted by Gasteiger charge is -2.51. The van der Waals surface area contributed by atoms with Crippen molar-refractivity contribution in [2.24, 2.45) is 17.8 Å². The minimum atomic E-state index is 0.339. The molecular weight excluding hydrogens is 210 g/mol. The number of piperidine rings is 1. The zero-order valence-electron chi connectivity index (χ0n) is 11.0. The summed E-state index contributed by atoms with van der Waals surface area (Å²) in [5.74, 6) is 2.70. The quantitative estimate of drug-likeness (QED) is 0.641. The number of hydrogen-bond acceptors (Lipinski definition) is 2. The Morgan fingerprint density at radius 3 is 2.88 bits per heavy atom. The monoisotopic (exact) mass is 233 g/mol. The molecule has 2 heterocycles. The fourth-order valence-corrected chi connectivity index (χ4v) is 4.18. The summed E-state index contributed by atoms with van der Waals surface area (Å²) in [5.41, 5.74) is 1.34. The number of carbonyl (C=O) groups is 1. The Morgan fingerprint density at radius 1 is 1.24 bits per heavy atom. The highest BCUT2D eigenvalue weighted by molar-refractivity contribution is 5.91. The van der Waals surface area contributed by atoms with Crippen LogP contribution in [0.5, 0.6) is 0 Å². The predicted octanol–water partition coefficient (Wildman–Crippen LogP) is 2.99. The topological polar surface area (TPSA) is 20.3 Å². The van der Waals surface area contributed by atoms with Crippen LogP contribution in [0, 0.1) is 17.8 Å². The average molecular weight is 233 g/mol. The van der Waals surface area contributed by atoms with Crippen molar-refractivity contribution >= 4 is 5.78 Å². The number of carbonyl (C=O) groups excluding carboxylic acids is 1. The first-order valence-electron chi connectivity index (χ1n) is 7.16. The van der Waals surface area contributed by atoms with E-state index in [2.05, 4.69) is 18.7 Å². The number of hydrogen-bond donors (Lipinski definition) is 0. The summed E-state index contributed by atoms with van der Waals surface area (Å²) < 4.78 is 0. The highest BCUT2D eigenvalue weighted by Gasteiger charge is 2.41. The standard InChI is InChI=1S/C15H23NO/c1-10-3-4-14-12(7-10)8-11(2)15-9-13(17)5-6-16(14)15/h9-12,14H,3-8H2,1-2H3. The molecule has 0 aromatic carbocycles. The third-order valence-electron chi connectivity index (χ3n) is 5.01. The summed E-state index contributed by atoms with van der Waals surface area (Å²) >= 11 is 0. The van der Waals surface area contributed by atoms with Gasteiger partial charge in [-0.15, -0.1) is 0 Å². The molecule has 4 atom stereocenters. The maximum Gasteiger partial charge on any atom is 0.159 e. The predicted molar refractivity (Wildman–Crippen MR) is 68.5 cm³/mol. The third-order valence-corrected chi connectivity index (χ3v) is 5.01. The van der Waals surface area contributed by atoms with Gasteiger partial charge in [-0.1, -0.05) is 13.8 Å². The van der Waals surface area contributed by atoms with Crippen LogP contribution in [0.4, 0.5) is 0 Å². The Balaban J connectivity index is 1.87. The average Bonchev–Trinajstić information content (AvgIpc) is 2.29. The van der Waals surface area contributed by atoms with Crippen LogP contribution in [-0.4, -0.2) is 23.3 Å². The molecule has 0 radical (unpaired) electrons. The van der Waals surface area contributed by atoms with Crippen LogP contribution >= 0.6 is 0 Å². The van der Waals surface area contributed by atoms with E-state index in [0.717, 1.165) is 30.8 Å². The van der Waals surface area contributed by atoms with Gasteiger partial charge < -0.3 is 4.90 Å². The van der Waals surface area contributed by atoms with Gasteiger partial charge in [-0.25, -0.2) is 0 Å². The van der Waals surface area contributed by atoms with Crippen molar-refractivity contribution in [1.29, 1.82) is 0 Å². The van der Waals surface area contributed by atoms with Gasteiger partial charge in [0, 0.05) is 30.8 Å². The zero-order valence-corrected chi connectivity index (χ0v) is 11.0. The molecule has 0 aromatic heterocycles. The second-order valence-corrected chi connectivity index (χ2v) is 6.36. The van der Waals surface area contributed by atoms with Crippen molar-refractivity contribution in [2.75, 3.05) is 6.54 Å². The van der Waals surface area contributed by atoms with Crippen molar-refractivity contribution in [3.63, 3.8) is 0 Å². The first-order valence-corrected chi connectivity index (χ1v) is 7.16. The van der Waals surface area contributed by atoms with Crippen LogP contribution < -0.4 is 0 Å². The molecule has 0 spiro atoms. The lowest BCUT2D eigenvalue weighted by Crippen LogP contribution is -2.51. The fourth-order valence-electron chi connectivity index (χ4n) is 4.18. The largest absolute Gasteiger partial charge is 0.371 e. The molecule has 0 N–H and O–H groups in total. The maximum atomic E-state index is 11.6. The van der Waals surface area contributed by atoms with Crippen LogP contribution in [0.1, 0.15) is 46.0 Å². The highest BCUT2D eigenvalue weighted by atomic mass is 16.1. The molecule has 1 aliphatic carbocycles.